The molecule has 4 heteroatoms. The molecule has 0 radical (unpaired) electrons. The zero-order valence-electron chi connectivity index (χ0n) is 6.11. The van der Waals surface area contributed by atoms with Gasteiger partial charge < -0.3 is 4.55 Å². The molecular weight excluding hydrogens is 162 g/mol. The fourth-order valence-electron chi connectivity index (χ4n) is 0.798. The van der Waals surface area contributed by atoms with Gasteiger partial charge in [-0.15, -0.1) is 0 Å². The van der Waals surface area contributed by atoms with Gasteiger partial charge in [-0.25, -0.2) is 0 Å². The maximum atomic E-state index is 10.2. The summed E-state index contributed by atoms with van der Waals surface area (Å²) >= 11 is -2.04. The Balaban J connectivity index is 2.79. The van der Waals surface area contributed by atoms with Crippen molar-refractivity contribution in [1.82, 2.24) is 4.98 Å². The van der Waals surface area contributed by atoms with Gasteiger partial charge >= 0.3 is 0 Å². The maximum absolute atomic E-state index is 10.2. The van der Waals surface area contributed by atoms with E-state index in [1.54, 1.807) is 12.3 Å². The summed E-state index contributed by atoms with van der Waals surface area (Å²) in [5.74, 6) is 0.00167. The van der Waals surface area contributed by atoms with Crippen molar-refractivity contribution >= 4 is 11.1 Å². The molecule has 0 aliphatic carbocycles. The van der Waals surface area contributed by atoms with Gasteiger partial charge in [0.05, 0.1) is 11.4 Å². The van der Waals surface area contributed by atoms with Crippen molar-refractivity contribution in [2.45, 2.75) is 12.7 Å². The van der Waals surface area contributed by atoms with E-state index in [-0.39, 0.29) is 5.75 Å². The van der Waals surface area contributed by atoms with Crippen LogP contribution in [0.25, 0.3) is 0 Å². The SMILES string of the molecule is Cc1ccnc(CS(=O)[O-])c1. The molecule has 0 aliphatic rings. The third kappa shape index (κ3) is 2.78. The molecule has 1 unspecified atom stereocenters. The summed E-state index contributed by atoms with van der Waals surface area (Å²) in [6.07, 6.45) is 1.61. The van der Waals surface area contributed by atoms with Crippen molar-refractivity contribution < 1.29 is 8.76 Å². The van der Waals surface area contributed by atoms with Gasteiger partial charge in [-0.05, 0) is 35.7 Å². The quantitative estimate of drug-likeness (QED) is 0.616. The molecule has 11 heavy (non-hydrogen) atoms. The normalized spacial score (nSPS) is 12.9. The highest BCUT2D eigenvalue weighted by atomic mass is 32.2. The minimum atomic E-state index is -2.04. The summed E-state index contributed by atoms with van der Waals surface area (Å²) in [5, 5.41) is 0. The maximum Gasteiger partial charge on any atom is 0.0526 e. The van der Waals surface area contributed by atoms with Crippen LogP contribution < -0.4 is 0 Å². The second kappa shape index (κ2) is 3.59. The lowest BCUT2D eigenvalue weighted by atomic mass is 10.3. The summed E-state index contributed by atoms with van der Waals surface area (Å²) in [6, 6.07) is 3.59. The third-order valence-corrected chi connectivity index (χ3v) is 1.77. The third-order valence-electron chi connectivity index (χ3n) is 1.24. The van der Waals surface area contributed by atoms with Crippen LogP contribution in [0.4, 0.5) is 0 Å². The fraction of sp³-hybridized carbons (Fsp3) is 0.286. The Kier molecular flexibility index (Phi) is 2.73. The number of hydrogen-bond donors (Lipinski definition) is 0. The summed E-state index contributed by atoms with van der Waals surface area (Å²) in [7, 11) is 0. The van der Waals surface area contributed by atoms with Crippen molar-refractivity contribution in [1.29, 1.82) is 0 Å². The van der Waals surface area contributed by atoms with Crippen molar-refractivity contribution in [3.63, 3.8) is 0 Å². The molecule has 1 aromatic heterocycles. The van der Waals surface area contributed by atoms with E-state index in [4.69, 9.17) is 0 Å². The Morgan fingerprint density at radius 2 is 2.45 bits per heavy atom. The van der Waals surface area contributed by atoms with Crippen LogP contribution in [0.1, 0.15) is 11.3 Å². The first-order chi connectivity index (χ1) is 5.18. The van der Waals surface area contributed by atoms with Crippen LogP contribution in [0.2, 0.25) is 0 Å². The van der Waals surface area contributed by atoms with Gasteiger partial charge in [0.1, 0.15) is 0 Å². The predicted octanol–water partition coefficient (Wildman–Crippen LogP) is 0.769. The Hall–Kier alpha value is -0.740. The summed E-state index contributed by atoms with van der Waals surface area (Å²) < 4.78 is 20.5. The Labute approximate surface area is 67.8 Å². The van der Waals surface area contributed by atoms with E-state index in [1.807, 2.05) is 13.0 Å². The van der Waals surface area contributed by atoms with Crippen LogP contribution in [-0.2, 0) is 16.8 Å². The zero-order chi connectivity index (χ0) is 8.27. The molecule has 1 heterocycles. The summed E-state index contributed by atoms with van der Waals surface area (Å²) in [4.78, 5) is 3.89. The van der Waals surface area contributed by atoms with E-state index in [2.05, 4.69) is 4.98 Å². The molecule has 0 spiro atoms. The highest BCUT2D eigenvalue weighted by Crippen LogP contribution is 2.01. The average Bonchev–Trinajstić information content (AvgIpc) is 1.85. The lowest BCUT2D eigenvalue weighted by molar-refractivity contribution is 0.535. The van der Waals surface area contributed by atoms with E-state index < -0.39 is 11.1 Å². The lowest BCUT2D eigenvalue weighted by Crippen LogP contribution is -1.96. The molecule has 60 valence electrons. The molecule has 0 N–H and O–H groups in total. The van der Waals surface area contributed by atoms with Gasteiger partial charge in [0.2, 0.25) is 0 Å². The first-order valence-corrected chi connectivity index (χ1v) is 4.40. The van der Waals surface area contributed by atoms with Crippen molar-refractivity contribution in [3.05, 3.63) is 29.6 Å². The van der Waals surface area contributed by atoms with E-state index in [9.17, 15) is 8.76 Å². The number of pyridine rings is 1. The van der Waals surface area contributed by atoms with E-state index >= 15 is 0 Å². The van der Waals surface area contributed by atoms with Crippen LogP contribution in [-0.4, -0.2) is 13.7 Å². The van der Waals surface area contributed by atoms with Gasteiger partial charge in [-0.2, -0.15) is 0 Å². The number of rotatable bonds is 2. The first-order valence-electron chi connectivity index (χ1n) is 3.16. The van der Waals surface area contributed by atoms with Crippen molar-refractivity contribution in [2.24, 2.45) is 0 Å². The van der Waals surface area contributed by atoms with Crippen LogP contribution in [0.15, 0.2) is 18.3 Å². The van der Waals surface area contributed by atoms with Gasteiger partial charge in [0, 0.05) is 6.20 Å². The van der Waals surface area contributed by atoms with E-state index in [1.165, 1.54) is 0 Å². The Bertz CT molecular complexity index is 275. The lowest BCUT2D eigenvalue weighted by Gasteiger charge is -2.03. The van der Waals surface area contributed by atoms with Crippen LogP contribution in [0, 0.1) is 6.92 Å². The molecule has 0 fully saturated rings. The number of aromatic nitrogens is 1. The molecule has 0 amide bonds. The topological polar surface area (TPSA) is 53.0 Å². The molecule has 1 rings (SSSR count). The van der Waals surface area contributed by atoms with Gasteiger partial charge in [0.15, 0.2) is 0 Å². The van der Waals surface area contributed by atoms with Gasteiger partial charge in [0.25, 0.3) is 0 Å². The smallest absolute Gasteiger partial charge is 0.0526 e. The summed E-state index contributed by atoms with van der Waals surface area (Å²) in [5.41, 5.74) is 1.62. The molecule has 3 nitrogen and oxygen atoms in total. The van der Waals surface area contributed by atoms with Crippen molar-refractivity contribution in [3.8, 4) is 0 Å². The van der Waals surface area contributed by atoms with Crippen LogP contribution >= 0.6 is 0 Å². The minimum absolute atomic E-state index is 0.00167. The highest BCUT2D eigenvalue weighted by Gasteiger charge is 1.92. The highest BCUT2D eigenvalue weighted by molar-refractivity contribution is 7.78. The standard InChI is InChI=1S/C7H9NO2S/c1-6-2-3-8-7(4-6)5-11(9)10/h2-4H,5H2,1H3,(H,9,10)/p-1. The Morgan fingerprint density at radius 3 is 3.00 bits per heavy atom. The van der Waals surface area contributed by atoms with Crippen LogP contribution in [0.3, 0.4) is 0 Å². The largest absolute Gasteiger partial charge is 0.772 e. The van der Waals surface area contributed by atoms with Gasteiger partial charge in [-0.3, -0.25) is 9.19 Å². The molecule has 0 aliphatic heterocycles. The summed E-state index contributed by atoms with van der Waals surface area (Å²) in [6.45, 7) is 1.90. The molecule has 0 saturated carbocycles. The fourth-order valence-corrected chi connectivity index (χ4v) is 1.20. The zero-order valence-corrected chi connectivity index (χ0v) is 6.93. The van der Waals surface area contributed by atoms with E-state index in [0.29, 0.717) is 5.69 Å². The Morgan fingerprint density at radius 1 is 1.73 bits per heavy atom. The average molecular weight is 170 g/mol. The van der Waals surface area contributed by atoms with Crippen LogP contribution in [0.5, 0.6) is 0 Å². The minimum Gasteiger partial charge on any atom is -0.772 e. The first kappa shape index (κ1) is 8.36. The molecule has 1 aromatic rings. The molecule has 0 aromatic carbocycles. The number of nitrogens with zero attached hydrogens (tertiary/aromatic N) is 1. The van der Waals surface area contributed by atoms with Crippen molar-refractivity contribution in [2.75, 3.05) is 0 Å². The monoisotopic (exact) mass is 170 g/mol. The molecule has 0 saturated heterocycles. The number of aryl methyl sites for hydroxylation is 1. The molecule has 1 atom stereocenters. The predicted molar refractivity (Wildman–Crippen MR) is 41.6 cm³/mol. The number of hydrogen-bond acceptors (Lipinski definition) is 3. The molecular formula is C7H8NO2S-. The van der Waals surface area contributed by atoms with Gasteiger partial charge in [-0.1, -0.05) is 0 Å². The van der Waals surface area contributed by atoms with E-state index in [0.717, 1.165) is 5.56 Å². The molecule has 0 bridgehead atoms. The second-order valence-electron chi connectivity index (χ2n) is 2.27. The second-order valence-corrected chi connectivity index (χ2v) is 3.17.